The summed E-state index contributed by atoms with van der Waals surface area (Å²) in [4.78, 5) is 46.0. The molecule has 0 unspecified atom stereocenters. The molecule has 0 spiro atoms. The summed E-state index contributed by atoms with van der Waals surface area (Å²) < 4.78 is 5.73. The number of hydrogen-bond acceptors (Lipinski definition) is 7. The SMILES string of the molecule is CN(C)c1ccc(C(=O)NNC(=O)c2csc(C3CCN(C(=O)c4cc5ccccc5o4)CC3)n2)cc1. The molecule has 2 aromatic carbocycles. The standard InChI is InChI=1S/C27H27N5O4S/c1-31(2)20-9-7-17(8-10-20)24(33)29-30-25(34)21-16-37-26(28-21)18-11-13-32(14-12-18)27(35)23-15-19-5-3-4-6-22(19)36-23/h3-10,15-16,18H,11-14H2,1-2H3,(H,29,33)(H,30,34). The van der Waals surface area contributed by atoms with E-state index in [2.05, 4.69) is 15.8 Å². The van der Waals surface area contributed by atoms with Crippen molar-refractivity contribution in [1.29, 1.82) is 0 Å². The number of hydrazine groups is 1. The number of fused-ring (bicyclic) bond motifs is 1. The number of piperidine rings is 1. The molecule has 0 bridgehead atoms. The van der Waals surface area contributed by atoms with Crippen LogP contribution in [0.3, 0.4) is 0 Å². The van der Waals surface area contributed by atoms with E-state index in [1.807, 2.05) is 55.4 Å². The van der Waals surface area contributed by atoms with Gasteiger partial charge in [-0.1, -0.05) is 18.2 Å². The molecule has 1 fully saturated rings. The number of anilines is 1. The zero-order valence-electron chi connectivity index (χ0n) is 20.6. The Hall–Kier alpha value is -4.18. The lowest BCUT2D eigenvalue weighted by atomic mass is 9.97. The largest absolute Gasteiger partial charge is 0.451 e. The van der Waals surface area contributed by atoms with E-state index in [0.717, 1.165) is 28.9 Å². The monoisotopic (exact) mass is 517 g/mol. The zero-order valence-corrected chi connectivity index (χ0v) is 21.4. The molecule has 3 heterocycles. The number of carbonyl (C=O) groups excluding carboxylic acids is 3. The highest BCUT2D eigenvalue weighted by molar-refractivity contribution is 7.09. The number of likely N-dealkylation sites (tertiary alicyclic amines) is 1. The van der Waals surface area contributed by atoms with Crippen LogP contribution in [0.25, 0.3) is 11.0 Å². The van der Waals surface area contributed by atoms with Gasteiger partial charge in [-0.25, -0.2) is 4.98 Å². The second-order valence-corrected chi connectivity index (χ2v) is 10.0. The molecule has 1 aliphatic heterocycles. The molecule has 9 nitrogen and oxygen atoms in total. The van der Waals surface area contributed by atoms with Crippen molar-refractivity contribution in [3.8, 4) is 0 Å². The van der Waals surface area contributed by atoms with Crippen LogP contribution in [0.4, 0.5) is 5.69 Å². The van der Waals surface area contributed by atoms with Crippen LogP contribution < -0.4 is 15.8 Å². The van der Waals surface area contributed by atoms with Crippen LogP contribution in [0.15, 0.2) is 64.4 Å². The van der Waals surface area contributed by atoms with Gasteiger partial charge in [0, 0.05) is 55.1 Å². The quantitative estimate of drug-likeness (QED) is 0.387. The molecule has 2 aromatic heterocycles. The normalized spacial score (nSPS) is 13.9. The molecule has 4 aromatic rings. The Bertz CT molecular complexity index is 1400. The summed E-state index contributed by atoms with van der Waals surface area (Å²) in [7, 11) is 3.84. The summed E-state index contributed by atoms with van der Waals surface area (Å²) in [5.74, 6) is -0.477. The van der Waals surface area contributed by atoms with E-state index in [4.69, 9.17) is 4.42 Å². The first-order valence-corrected chi connectivity index (χ1v) is 12.9. The van der Waals surface area contributed by atoms with E-state index in [9.17, 15) is 14.4 Å². The van der Waals surface area contributed by atoms with Crippen LogP contribution in [-0.2, 0) is 0 Å². The Morgan fingerprint density at radius 1 is 1.00 bits per heavy atom. The number of thiazole rings is 1. The van der Waals surface area contributed by atoms with E-state index < -0.39 is 11.8 Å². The topological polar surface area (TPSA) is 108 Å². The summed E-state index contributed by atoms with van der Waals surface area (Å²) >= 11 is 1.42. The summed E-state index contributed by atoms with van der Waals surface area (Å²) in [6.07, 6.45) is 1.50. The maximum Gasteiger partial charge on any atom is 0.289 e. The Labute approximate surface area is 218 Å². The number of nitrogens with zero attached hydrogens (tertiary/aromatic N) is 3. The summed E-state index contributed by atoms with van der Waals surface area (Å²) in [6.45, 7) is 1.18. The second kappa shape index (κ2) is 10.4. The fourth-order valence-corrected chi connectivity index (χ4v) is 5.28. The second-order valence-electron chi connectivity index (χ2n) is 9.14. The predicted molar refractivity (Wildman–Crippen MR) is 142 cm³/mol. The molecular formula is C27H27N5O4S. The molecule has 0 atom stereocenters. The Morgan fingerprint density at radius 2 is 1.70 bits per heavy atom. The third-order valence-corrected chi connectivity index (χ3v) is 7.46. The third-order valence-electron chi connectivity index (χ3n) is 6.46. The summed E-state index contributed by atoms with van der Waals surface area (Å²) in [6, 6.07) is 16.4. The number of carbonyl (C=O) groups is 3. The highest BCUT2D eigenvalue weighted by atomic mass is 32.1. The molecule has 10 heteroatoms. The minimum atomic E-state index is -0.474. The molecule has 1 saturated heterocycles. The van der Waals surface area contributed by atoms with Crippen LogP contribution >= 0.6 is 11.3 Å². The minimum Gasteiger partial charge on any atom is -0.451 e. The zero-order chi connectivity index (χ0) is 25.9. The summed E-state index contributed by atoms with van der Waals surface area (Å²) in [5.41, 5.74) is 7.24. The van der Waals surface area contributed by atoms with Crippen molar-refractivity contribution in [2.24, 2.45) is 0 Å². The van der Waals surface area contributed by atoms with Gasteiger partial charge >= 0.3 is 0 Å². The number of aromatic nitrogens is 1. The van der Waals surface area contributed by atoms with Crippen LogP contribution in [0.5, 0.6) is 0 Å². The van der Waals surface area contributed by atoms with E-state index in [1.165, 1.54) is 11.3 Å². The van der Waals surface area contributed by atoms with E-state index >= 15 is 0 Å². The van der Waals surface area contributed by atoms with Crippen molar-refractivity contribution in [2.75, 3.05) is 32.1 Å². The van der Waals surface area contributed by atoms with Crippen molar-refractivity contribution in [3.63, 3.8) is 0 Å². The molecule has 1 aliphatic rings. The van der Waals surface area contributed by atoms with Crippen molar-refractivity contribution in [1.82, 2.24) is 20.7 Å². The highest BCUT2D eigenvalue weighted by Gasteiger charge is 2.28. The number of benzene rings is 2. The third kappa shape index (κ3) is 5.34. The van der Waals surface area contributed by atoms with Crippen LogP contribution in [0.1, 0.15) is 55.2 Å². The van der Waals surface area contributed by atoms with Gasteiger partial charge in [-0.05, 0) is 49.2 Å². The van der Waals surface area contributed by atoms with Gasteiger partial charge in [0.05, 0.1) is 5.01 Å². The molecule has 0 aliphatic carbocycles. The van der Waals surface area contributed by atoms with Crippen molar-refractivity contribution in [2.45, 2.75) is 18.8 Å². The molecule has 2 N–H and O–H groups in total. The van der Waals surface area contributed by atoms with Gasteiger partial charge in [-0.15, -0.1) is 11.3 Å². The van der Waals surface area contributed by atoms with E-state index in [1.54, 1.807) is 28.5 Å². The lowest BCUT2D eigenvalue weighted by Crippen LogP contribution is -2.41. The highest BCUT2D eigenvalue weighted by Crippen LogP contribution is 2.31. The van der Waals surface area contributed by atoms with Gasteiger partial charge in [0.1, 0.15) is 11.3 Å². The van der Waals surface area contributed by atoms with Crippen LogP contribution in [0.2, 0.25) is 0 Å². The van der Waals surface area contributed by atoms with Gasteiger partial charge < -0.3 is 14.2 Å². The first-order chi connectivity index (χ1) is 17.9. The molecule has 37 heavy (non-hydrogen) atoms. The minimum absolute atomic E-state index is 0.110. The Kier molecular flexibility index (Phi) is 6.91. The number of rotatable bonds is 5. The van der Waals surface area contributed by atoms with Crippen LogP contribution in [-0.4, -0.2) is 54.8 Å². The fraction of sp³-hybridized carbons (Fsp3) is 0.259. The van der Waals surface area contributed by atoms with Gasteiger partial charge in [-0.2, -0.15) is 0 Å². The van der Waals surface area contributed by atoms with E-state index in [-0.39, 0.29) is 17.5 Å². The van der Waals surface area contributed by atoms with Crippen molar-refractivity contribution >= 4 is 45.7 Å². The number of hydrogen-bond donors (Lipinski definition) is 2. The average Bonchev–Trinajstić information content (AvgIpc) is 3.59. The molecule has 0 radical (unpaired) electrons. The fourth-order valence-electron chi connectivity index (χ4n) is 4.31. The lowest BCUT2D eigenvalue weighted by Gasteiger charge is -2.30. The first-order valence-electron chi connectivity index (χ1n) is 12.0. The van der Waals surface area contributed by atoms with Gasteiger partial charge in [0.25, 0.3) is 17.7 Å². The maximum atomic E-state index is 12.9. The van der Waals surface area contributed by atoms with Gasteiger partial charge in [-0.3, -0.25) is 25.2 Å². The molecule has 0 saturated carbocycles. The van der Waals surface area contributed by atoms with Gasteiger partial charge in [0.2, 0.25) is 0 Å². The smallest absolute Gasteiger partial charge is 0.289 e. The van der Waals surface area contributed by atoms with E-state index in [0.29, 0.717) is 30.0 Å². The number of nitrogens with one attached hydrogen (secondary N) is 2. The maximum absolute atomic E-state index is 12.9. The molecular weight excluding hydrogens is 490 g/mol. The summed E-state index contributed by atoms with van der Waals surface area (Å²) in [5, 5.41) is 3.45. The van der Waals surface area contributed by atoms with Gasteiger partial charge in [0.15, 0.2) is 5.76 Å². The lowest BCUT2D eigenvalue weighted by molar-refractivity contribution is 0.0683. The number of para-hydroxylation sites is 1. The number of amides is 3. The Morgan fingerprint density at radius 3 is 2.41 bits per heavy atom. The average molecular weight is 518 g/mol. The van der Waals surface area contributed by atoms with Crippen molar-refractivity contribution in [3.05, 3.63) is 82.0 Å². The Balaban J connectivity index is 1.13. The number of furan rings is 1. The predicted octanol–water partition coefficient (Wildman–Crippen LogP) is 4.05. The van der Waals surface area contributed by atoms with Crippen molar-refractivity contribution < 1.29 is 18.8 Å². The molecule has 3 amide bonds. The molecule has 190 valence electrons. The first kappa shape index (κ1) is 24.5. The van der Waals surface area contributed by atoms with Crippen LogP contribution in [0, 0.1) is 0 Å². The molecule has 5 rings (SSSR count).